The molecule has 5 nitrogen and oxygen atoms in total. The predicted octanol–water partition coefficient (Wildman–Crippen LogP) is 1.40. The largest absolute Gasteiger partial charge is 0.326 e. The number of carbonyl (C=O) groups is 1. The smallest absolute Gasteiger partial charge is 0.251 e. The topological polar surface area (TPSA) is 74.8 Å². The van der Waals surface area contributed by atoms with Gasteiger partial charge in [-0.1, -0.05) is 18.2 Å². The Morgan fingerprint density at radius 2 is 2.12 bits per heavy atom. The van der Waals surface area contributed by atoms with Crippen molar-refractivity contribution >= 4 is 11.6 Å². The van der Waals surface area contributed by atoms with Gasteiger partial charge in [0.1, 0.15) is 0 Å². The Bertz CT molecular complexity index is 604. The highest BCUT2D eigenvalue weighted by Crippen LogP contribution is 2.24. The second-order valence-electron chi connectivity index (χ2n) is 3.52. The number of nitrogens with one attached hydrogen (secondary N) is 2. The number of amides is 1. The van der Waals surface area contributed by atoms with Crippen molar-refractivity contribution in [3.8, 4) is 11.3 Å². The molecule has 0 radical (unpaired) electrons. The first-order valence-corrected chi connectivity index (χ1v) is 5.08. The Morgan fingerprint density at radius 3 is 2.82 bits per heavy atom. The van der Waals surface area contributed by atoms with Crippen LogP contribution in [0.1, 0.15) is 6.92 Å². The molecule has 0 saturated heterocycles. The maximum atomic E-state index is 11.2. The summed E-state index contributed by atoms with van der Waals surface area (Å²) in [5, 5.41) is 2.70. The van der Waals surface area contributed by atoms with Crippen LogP contribution in [0, 0.1) is 0 Å². The van der Waals surface area contributed by atoms with Crippen molar-refractivity contribution in [3.05, 3.63) is 47.0 Å². The molecule has 1 heterocycles. The van der Waals surface area contributed by atoms with Gasteiger partial charge in [0.2, 0.25) is 5.91 Å². The summed E-state index contributed by atoms with van der Waals surface area (Å²) in [7, 11) is 0. The van der Waals surface area contributed by atoms with Crippen molar-refractivity contribution < 1.29 is 4.79 Å². The van der Waals surface area contributed by atoms with Gasteiger partial charge in [-0.3, -0.25) is 9.59 Å². The van der Waals surface area contributed by atoms with E-state index in [1.165, 1.54) is 19.3 Å². The summed E-state index contributed by atoms with van der Waals surface area (Å²) in [6.07, 6.45) is 1.34. The third-order valence-corrected chi connectivity index (χ3v) is 2.19. The summed E-state index contributed by atoms with van der Waals surface area (Å²) >= 11 is 0. The number of carbonyl (C=O) groups excluding carboxylic acids is 1. The number of hydrogen-bond donors (Lipinski definition) is 2. The molecule has 0 aliphatic heterocycles. The summed E-state index contributed by atoms with van der Waals surface area (Å²) < 4.78 is 0. The lowest BCUT2D eigenvalue weighted by Gasteiger charge is -2.08. The number of aromatic amines is 1. The van der Waals surface area contributed by atoms with E-state index >= 15 is 0 Å². The van der Waals surface area contributed by atoms with Crippen LogP contribution in [-0.4, -0.2) is 15.9 Å². The monoisotopic (exact) mass is 229 g/mol. The minimum atomic E-state index is -0.229. The average molecular weight is 229 g/mol. The van der Waals surface area contributed by atoms with Crippen molar-refractivity contribution in [2.75, 3.05) is 5.32 Å². The Hall–Kier alpha value is -2.43. The molecule has 2 aromatic rings. The standard InChI is InChI=1S/C12H11N3O2/c1-8(16)15-10-5-3-2-4-9(10)11-6-12(17)14-7-13-11/h2-7H,1H3,(H,15,16)(H,13,14,17). The van der Waals surface area contributed by atoms with Crippen molar-refractivity contribution in [2.45, 2.75) is 6.92 Å². The van der Waals surface area contributed by atoms with E-state index in [1.54, 1.807) is 12.1 Å². The number of rotatable bonds is 2. The summed E-state index contributed by atoms with van der Waals surface area (Å²) in [6, 6.07) is 8.58. The van der Waals surface area contributed by atoms with Gasteiger partial charge in [0.05, 0.1) is 17.7 Å². The van der Waals surface area contributed by atoms with Gasteiger partial charge in [0.25, 0.3) is 5.56 Å². The molecule has 1 aromatic carbocycles. The molecule has 1 amide bonds. The predicted molar refractivity (Wildman–Crippen MR) is 64.6 cm³/mol. The van der Waals surface area contributed by atoms with E-state index in [0.717, 1.165) is 0 Å². The zero-order valence-corrected chi connectivity index (χ0v) is 9.23. The summed E-state index contributed by atoms with van der Waals surface area (Å²) in [4.78, 5) is 28.8. The molecule has 0 saturated carbocycles. The van der Waals surface area contributed by atoms with E-state index in [9.17, 15) is 9.59 Å². The normalized spacial score (nSPS) is 9.94. The fourth-order valence-corrected chi connectivity index (χ4v) is 1.52. The first-order valence-electron chi connectivity index (χ1n) is 5.08. The molecule has 2 N–H and O–H groups in total. The highest BCUT2D eigenvalue weighted by molar-refractivity contribution is 5.93. The molecule has 86 valence electrons. The Morgan fingerprint density at radius 1 is 1.35 bits per heavy atom. The molecule has 0 aliphatic carbocycles. The lowest BCUT2D eigenvalue weighted by atomic mass is 10.1. The number of aromatic nitrogens is 2. The maximum absolute atomic E-state index is 11.2. The molecular weight excluding hydrogens is 218 g/mol. The SMILES string of the molecule is CC(=O)Nc1ccccc1-c1cc(=O)[nH]cn1. The summed E-state index contributed by atoms with van der Waals surface area (Å²) in [5.41, 5.74) is 1.65. The van der Waals surface area contributed by atoms with Crippen molar-refractivity contribution in [3.63, 3.8) is 0 Å². The zero-order chi connectivity index (χ0) is 12.3. The van der Waals surface area contributed by atoms with Crippen LogP contribution in [0.2, 0.25) is 0 Å². The highest BCUT2D eigenvalue weighted by Gasteiger charge is 2.06. The number of nitrogens with zero attached hydrogens (tertiary/aromatic N) is 1. The van der Waals surface area contributed by atoms with Crippen LogP contribution in [0.15, 0.2) is 41.5 Å². The molecule has 0 atom stereocenters. The Kier molecular flexibility index (Phi) is 3.00. The van der Waals surface area contributed by atoms with Crippen LogP contribution in [-0.2, 0) is 4.79 Å². The lowest BCUT2D eigenvalue weighted by molar-refractivity contribution is -0.114. The summed E-state index contributed by atoms with van der Waals surface area (Å²) in [6.45, 7) is 1.43. The van der Waals surface area contributed by atoms with E-state index in [4.69, 9.17) is 0 Å². The number of anilines is 1. The van der Waals surface area contributed by atoms with Gasteiger partial charge >= 0.3 is 0 Å². The van der Waals surface area contributed by atoms with E-state index in [0.29, 0.717) is 16.9 Å². The number of hydrogen-bond acceptors (Lipinski definition) is 3. The molecule has 17 heavy (non-hydrogen) atoms. The van der Waals surface area contributed by atoms with Crippen LogP contribution in [0.3, 0.4) is 0 Å². The highest BCUT2D eigenvalue weighted by atomic mass is 16.1. The van der Waals surface area contributed by atoms with Gasteiger partial charge in [-0.15, -0.1) is 0 Å². The molecular formula is C12H11N3O2. The van der Waals surface area contributed by atoms with Gasteiger partial charge in [-0.2, -0.15) is 0 Å². The minimum absolute atomic E-state index is 0.165. The number of benzene rings is 1. The minimum Gasteiger partial charge on any atom is -0.326 e. The first-order chi connectivity index (χ1) is 8.16. The van der Waals surface area contributed by atoms with Crippen molar-refractivity contribution in [2.24, 2.45) is 0 Å². The van der Waals surface area contributed by atoms with E-state index in [-0.39, 0.29) is 11.5 Å². The lowest BCUT2D eigenvalue weighted by Crippen LogP contribution is -2.09. The number of H-pyrrole nitrogens is 1. The average Bonchev–Trinajstić information content (AvgIpc) is 2.29. The van der Waals surface area contributed by atoms with Crippen molar-refractivity contribution in [1.29, 1.82) is 0 Å². The fourth-order valence-electron chi connectivity index (χ4n) is 1.52. The number of para-hydroxylation sites is 1. The zero-order valence-electron chi connectivity index (χ0n) is 9.23. The molecule has 2 rings (SSSR count). The van der Waals surface area contributed by atoms with Crippen LogP contribution >= 0.6 is 0 Å². The van der Waals surface area contributed by atoms with Gasteiger partial charge in [-0.05, 0) is 6.07 Å². The van der Waals surface area contributed by atoms with E-state index < -0.39 is 0 Å². The molecule has 0 fully saturated rings. The first kappa shape index (κ1) is 11.1. The van der Waals surface area contributed by atoms with Crippen LogP contribution in [0.25, 0.3) is 11.3 Å². The molecule has 0 spiro atoms. The van der Waals surface area contributed by atoms with Crippen molar-refractivity contribution in [1.82, 2.24) is 9.97 Å². The summed E-state index contributed by atoms with van der Waals surface area (Å²) in [5.74, 6) is -0.165. The maximum Gasteiger partial charge on any atom is 0.251 e. The van der Waals surface area contributed by atoms with Gasteiger partial charge in [0.15, 0.2) is 0 Å². The van der Waals surface area contributed by atoms with Crippen LogP contribution in [0.4, 0.5) is 5.69 Å². The second kappa shape index (κ2) is 4.61. The Balaban J connectivity index is 2.51. The van der Waals surface area contributed by atoms with E-state index in [2.05, 4.69) is 15.3 Å². The van der Waals surface area contributed by atoms with Gasteiger partial charge in [0, 0.05) is 18.6 Å². The molecule has 0 aliphatic rings. The fraction of sp³-hybridized carbons (Fsp3) is 0.0833. The molecule has 0 bridgehead atoms. The van der Waals surface area contributed by atoms with Crippen LogP contribution in [0.5, 0.6) is 0 Å². The molecule has 0 unspecified atom stereocenters. The van der Waals surface area contributed by atoms with Gasteiger partial charge in [-0.25, -0.2) is 4.98 Å². The van der Waals surface area contributed by atoms with E-state index in [1.807, 2.05) is 12.1 Å². The molecule has 1 aromatic heterocycles. The molecule has 5 heteroatoms. The third-order valence-electron chi connectivity index (χ3n) is 2.19. The quantitative estimate of drug-likeness (QED) is 0.817. The second-order valence-corrected chi connectivity index (χ2v) is 3.52. The Labute approximate surface area is 97.5 Å². The van der Waals surface area contributed by atoms with Gasteiger partial charge < -0.3 is 10.3 Å². The van der Waals surface area contributed by atoms with Crippen LogP contribution < -0.4 is 10.9 Å². The third kappa shape index (κ3) is 2.57.